The van der Waals surface area contributed by atoms with Crippen LogP contribution in [-0.4, -0.2) is 16.8 Å². The van der Waals surface area contributed by atoms with Crippen molar-refractivity contribution in [2.24, 2.45) is 0 Å². The molecule has 3 rings (SSSR count). The van der Waals surface area contributed by atoms with Gasteiger partial charge in [-0.2, -0.15) is 0 Å². The molecule has 0 bridgehead atoms. The van der Waals surface area contributed by atoms with Gasteiger partial charge in [-0.3, -0.25) is 9.44 Å². The van der Waals surface area contributed by atoms with Gasteiger partial charge in [-0.1, -0.05) is 40.9 Å². The molecule has 0 fully saturated rings. The highest BCUT2D eigenvalue weighted by atomic mass is 35.5. The normalized spacial score (nSPS) is 11.9. The molecule has 11 heteroatoms. The average molecular weight is 506 g/mol. The van der Waals surface area contributed by atoms with Crippen LogP contribution in [0.4, 0.5) is 11.4 Å². The van der Waals surface area contributed by atoms with Crippen molar-refractivity contribution in [2.75, 3.05) is 9.44 Å². The Bertz CT molecular complexity index is 1310. The summed E-state index contributed by atoms with van der Waals surface area (Å²) >= 11 is 17.8. The zero-order valence-electron chi connectivity index (χ0n) is 15.4. The van der Waals surface area contributed by atoms with Crippen molar-refractivity contribution >= 4 is 66.2 Å². The van der Waals surface area contributed by atoms with Crippen molar-refractivity contribution < 1.29 is 16.8 Å². The molecule has 0 aromatic heterocycles. The Labute approximate surface area is 189 Å². The van der Waals surface area contributed by atoms with Crippen LogP contribution in [0.1, 0.15) is 5.56 Å². The largest absolute Gasteiger partial charge is 0.280 e. The fourth-order valence-corrected chi connectivity index (χ4v) is 5.64. The highest BCUT2D eigenvalue weighted by molar-refractivity contribution is 7.93. The van der Waals surface area contributed by atoms with Gasteiger partial charge in [0, 0.05) is 15.7 Å². The van der Waals surface area contributed by atoms with Gasteiger partial charge in [0.1, 0.15) is 4.90 Å². The van der Waals surface area contributed by atoms with Crippen LogP contribution in [0.25, 0.3) is 0 Å². The molecule has 0 aliphatic rings. The molecule has 0 spiro atoms. The lowest BCUT2D eigenvalue weighted by molar-refractivity contribution is 0.600. The molecule has 2 N–H and O–H groups in total. The minimum absolute atomic E-state index is 0.00666. The van der Waals surface area contributed by atoms with Crippen LogP contribution in [0.2, 0.25) is 15.1 Å². The fraction of sp³-hybridized carbons (Fsp3) is 0.0526. The molecule has 0 saturated carbocycles. The van der Waals surface area contributed by atoms with Crippen molar-refractivity contribution in [1.29, 1.82) is 0 Å². The summed E-state index contributed by atoms with van der Waals surface area (Å²) in [5.74, 6) is 0. The zero-order valence-corrected chi connectivity index (χ0v) is 19.3. The van der Waals surface area contributed by atoms with Crippen LogP contribution in [0.5, 0.6) is 0 Å². The smallest absolute Gasteiger partial charge is 0.263 e. The predicted octanol–water partition coefficient (Wildman–Crippen LogP) is 5.56. The maximum atomic E-state index is 12.6. The van der Waals surface area contributed by atoms with Crippen molar-refractivity contribution in [3.05, 3.63) is 81.3 Å². The van der Waals surface area contributed by atoms with Crippen LogP contribution in [0, 0.1) is 6.92 Å². The number of benzene rings is 3. The molecule has 30 heavy (non-hydrogen) atoms. The molecule has 0 amide bonds. The summed E-state index contributed by atoms with van der Waals surface area (Å²) in [6.45, 7) is 1.69. The van der Waals surface area contributed by atoms with Gasteiger partial charge >= 0.3 is 0 Å². The van der Waals surface area contributed by atoms with E-state index in [1.165, 1.54) is 42.5 Å². The third kappa shape index (κ3) is 5.01. The minimum atomic E-state index is -4.02. The molecule has 3 aromatic carbocycles. The van der Waals surface area contributed by atoms with Gasteiger partial charge in [-0.25, -0.2) is 16.8 Å². The van der Waals surface area contributed by atoms with Crippen LogP contribution < -0.4 is 9.44 Å². The Hall–Kier alpha value is -1.97. The predicted molar refractivity (Wildman–Crippen MR) is 121 cm³/mol. The van der Waals surface area contributed by atoms with E-state index in [4.69, 9.17) is 34.8 Å². The van der Waals surface area contributed by atoms with Crippen molar-refractivity contribution in [2.45, 2.75) is 16.7 Å². The lowest BCUT2D eigenvalue weighted by atomic mass is 10.2. The second-order valence-corrected chi connectivity index (χ2v) is 10.8. The summed E-state index contributed by atoms with van der Waals surface area (Å²) in [7, 11) is -7.92. The first-order valence-corrected chi connectivity index (χ1v) is 12.5. The molecule has 0 radical (unpaired) electrons. The van der Waals surface area contributed by atoms with Gasteiger partial charge in [0.05, 0.1) is 15.6 Å². The Balaban J connectivity index is 1.84. The van der Waals surface area contributed by atoms with E-state index in [1.54, 1.807) is 25.1 Å². The van der Waals surface area contributed by atoms with E-state index in [1.807, 2.05) is 0 Å². The number of hydrogen-bond donors (Lipinski definition) is 2. The number of halogens is 3. The second kappa shape index (κ2) is 8.64. The molecule has 0 aliphatic heterocycles. The molecule has 0 heterocycles. The number of sulfonamides is 2. The third-order valence-corrected chi connectivity index (χ3v) is 8.00. The van der Waals surface area contributed by atoms with E-state index in [2.05, 4.69) is 9.44 Å². The Kier molecular flexibility index (Phi) is 6.54. The lowest BCUT2D eigenvalue weighted by Gasteiger charge is -2.13. The highest BCUT2D eigenvalue weighted by Gasteiger charge is 2.20. The number of anilines is 2. The monoisotopic (exact) mass is 504 g/mol. The maximum absolute atomic E-state index is 12.6. The Morgan fingerprint density at radius 2 is 1.40 bits per heavy atom. The summed E-state index contributed by atoms with van der Waals surface area (Å²) < 4.78 is 55.2. The molecule has 0 saturated heterocycles. The van der Waals surface area contributed by atoms with E-state index in [0.29, 0.717) is 16.3 Å². The molecule has 0 aliphatic carbocycles. The van der Waals surface area contributed by atoms with Crippen LogP contribution in [-0.2, 0) is 20.0 Å². The average Bonchev–Trinajstić information content (AvgIpc) is 2.67. The topological polar surface area (TPSA) is 92.3 Å². The van der Waals surface area contributed by atoms with Gasteiger partial charge in [0.2, 0.25) is 0 Å². The molecule has 158 valence electrons. The molecule has 3 aromatic rings. The van der Waals surface area contributed by atoms with Gasteiger partial charge < -0.3 is 0 Å². The first kappa shape index (κ1) is 22.7. The number of nitrogens with one attached hydrogen (secondary N) is 2. The van der Waals surface area contributed by atoms with Crippen LogP contribution in [0.15, 0.2) is 70.5 Å². The molecular weight excluding hydrogens is 491 g/mol. The van der Waals surface area contributed by atoms with E-state index >= 15 is 0 Å². The van der Waals surface area contributed by atoms with E-state index in [-0.39, 0.29) is 25.5 Å². The number of rotatable bonds is 6. The number of hydrogen-bond acceptors (Lipinski definition) is 4. The highest BCUT2D eigenvalue weighted by Crippen LogP contribution is 2.28. The van der Waals surface area contributed by atoms with Crippen LogP contribution in [0.3, 0.4) is 0 Å². The van der Waals surface area contributed by atoms with Gasteiger partial charge in [-0.15, -0.1) is 0 Å². The van der Waals surface area contributed by atoms with Crippen molar-refractivity contribution in [1.82, 2.24) is 0 Å². The molecular formula is C19H15Cl3N2O4S2. The van der Waals surface area contributed by atoms with E-state index < -0.39 is 20.0 Å². The summed E-state index contributed by atoms with van der Waals surface area (Å²) in [6.07, 6.45) is 0. The summed E-state index contributed by atoms with van der Waals surface area (Å²) in [5, 5.41) is 0.649. The Morgan fingerprint density at radius 1 is 0.733 bits per heavy atom. The zero-order chi connectivity index (χ0) is 22.1. The first-order valence-electron chi connectivity index (χ1n) is 8.35. The quantitative estimate of drug-likeness (QED) is 0.459. The van der Waals surface area contributed by atoms with E-state index in [9.17, 15) is 16.8 Å². The SMILES string of the molecule is Cc1c(Cl)cccc1NS(=O)(=O)c1ccc(NS(=O)(=O)c2cc(Cl)ccc2Cl)cc1. The fourth-order valence-electron chi connectivity index (χ4n) is 2.52. The standard InChI is InChI=1S/C19H15Cl3N2O4S2/c1-12-16(21)3-2-4-18(12)24-29(25,26)15-8-6-14(7-9-15)23-30(27,28)19-11-13(20)5-10-17(19)22/h2-11,23-24H,1H3. The second-order valence-electron chi connectivity index (χ2n) is 6.22. The van der Waals surface area contributed by atoms with Crippen molar-refractivity contribution in [3.63, 3.8) is 0 Å². The minimum Gasteiger partial charge on any atom is -0.280 e. The first-order chi connectivity index (χ1) is 14.0. The lowest BCUT2D eigenvalue weighted by Crippen LogP contribution is -2.15. The van der Waals surface area contributed by atoms with Crippen molar-refractivity contribution in [3.8, 4) is 0 Å². The van der Waals surface area contributed by atoms with Gasteiger partial charge in [-0.05, 0) is 67.1 Å². The Morgan fingerprint density at radius 3 is 2.07 bits per heavy atom. The summed E-state index contributed by atoms with van der Waals surface area (Å²) in [4.78, 5) is -0.239. The molecule has 0 atom stereocenters. The van der Waals surface area contributed by atoms with Gasteiger partial charge in [0.15, 0.2) is 0 Å². The molecule has 6 nitrogen and oxygen atoms in total. The third-order valence-electron chi connectivity index (χ3n) is 4.11. The summed E-state index contributed by atoms with van der Waals surface area (Å²) in [6, 6.07) is 14.2. The molecule has 0 unspecified atom stereocenters. The maximum Gasteiger partial charge on any atom is 0.263 e. The van der Waals surface area contributed by atoms with Crippen LogP contribution >= 0.6 is 34.8 Å². The summed E-state index contributed by atoms with van der Waals surface area (Å²) in [5.41, 5.74) is 1.09. The van der Waals surface area contributed by atoms with E-state index in [0.717, 1.165) is 0 Å². The van der Waals surface area contributed by atoms with Gasteiger partial charge in [0.25, 0.3) is 20.0 Å².